The van der Waals surface area contributed by atoms with Crippen LogP contribution in [0.2, 0.25) is 0 Å². The number of aromatic nitrogens is 1. The van der Waals surface area contributed by atoms with Crippen molar-refractivity contribution in [3.8, 4) is 11.5 Å². The van der Waals surface area contributed by atoms with Gasteiger partial charge in [-0.3, -0.25) is 14.6 Å². The Morgan fingerprint density at radius 3 is 2.70 bits per heavy atom. The number of benzene rings is 2. The van der Waals surface area contributed by atoms with Crippen molar-refractivity contribution in [1.29, 1.82) is 0 Å². The first-order valence-electron chi connectivity index (χ1n) is 12.0. The molecule has 1 aromatic heterocycles. The number of amides is 3. The Morgan fingerprint density at radius 2 is 2.00 bits per heavy atom. The number of hydrogen-bond acceptors (Lipinski definition) is 6. The van der Waals surface area contributed by atoms with Crippen LogP contribution in [0.4, 0.5) is 13.6 Å². The van der Waals surface area contributed by atoms with Gasteiger partial charge in [-0.2, -0.15) is 8.78 Å². The zero-order valence-electron chi connectivity index (χ0n) is 20.4. The Labute approximate surface area is 211 Å². The molecule has 2 aromatic carbocycles. The number of aromatic hydroxyl groups is 1. The Bertz CT molecular complexity index is 1360. The third kappa shape index (κ3) is 4.17. The molecule has 2 atom stereocenters. The molecule has 1 fully saturated rings. The second kappa shape index (κ2) is 9.31. The van der Waals surface area contributed by atoms with Gasteiger partial charge in [-0.1, -0.05) is 12.1 Å². The number of rotatable bonds is 8. The molecule has 3 amide bonds. The molecule has 9 nitrogen and oxygen atoms in total. The lowest BCUT2D eigenvalue weighted by Crippen LogP contribution is -2.53. The van der Waals surface area contributed by atoms with E-state index in [0.717, 1.165) is 5.56 Å². The number of carbonyl (C=O) groups is 2. The van der Waals surface area contributed by atoms with Crippen molar-refractivity contribution >= 4 is 22.8 Å². The van der Waals surface area contributed by atoms with Gasteiger partial charge in [0, 0.05) is 42.7 Å². The van der Waals surface area contributed by atoms with Crippen molar-refractivity contribution in [3.05, 3.63) is 59.3 Å². The van der Waals surface area contributed by atoms with E-state index in [4.69, 9.17) is 0 Å². The number of imide groups is 1. The molecule has 0 unspecified atom stereocenters. The normalized spacial score (nSPS) is 21.3. The summed E-state index contributed by atoms with van der Waals surface area (Å²) in [6, 6.07) is 9.89. The molecule has 1 saturated heterocycles. The van der Waals surface area contributed by atoms with Crippen molar-refractivity contribution in [2.75, 3.05) is 33.3 Å². The van der Waals surface area contributed by atoms with E-state index in [9.17, 15) is 28.6 Å². The summed E-state index contributed by atoms with van der Waals surface area (Å²) in [5, 5.41) is 20.0. The van der Waals surface area contributed by atoms with Crippen molar-refractivity contribution in [1.82, 2.24) is 19.7 Å². The maximum atomic E-state index is 13.8. The predicted molar refractivity (Wildman–Crippen MR) is 131 cm³/mol. The zero-order chi connectivity index (χ0) is 26.5. The first-order chi connectivity index (χ1) is 17.6. The third-order valence-corrected chi connectivity index (χ3v) is 7.24. The number of carbonyl (C=O) groups excluding carboxylic acids is 2. The predicted octanol–water partition coefficient (Wildman–Crippen LogP) is 3.07. The van der Waals surface area contributed by atoms with Crippen LogP contribution in [-0.4, -0.2) is 87.3 Å². The van der Waals surface area contributed by atoms with E-state index < -0.39 is 24.2 Å². The molecule has 0 radical (unpaired) electrons. The fourth-order valence-corrected chi connectivity index (χ4v) is 5.46. The van der Waals surface area contributed by atoms with Crippen LogP contribution in [0.5, 0.6) is 11.5 Å². The quantitative estimate of drug-likeness (QED) is 0.399. The molecular formula is C26H28F2N4O5. The van der Waals surface area contributed by atoms with Crippen molar-refractivity contribution in [3.63, 3.8) is 0 Å². The number of hydrogen-bond donors (Lipinski definition) is 3. The van der Waals surface area contributed by atoms with Crippen LogP contribution in [0, 0.1) is 0 Å². The number of nitrogens with one attached hydrogen (secondary N) is 1. The molecule has 3 N–H and O–H groups in total. The largest absolute Gasteiger partial charge is 0.508 e. The molecule has 11 heteroatoms. The van der Waals surface area contributed by atoms with Gasteiger partial charge < -0.3 is 24.8 Å². The van der Waals surface area contributed by atoms with Gasteiger partial charge in [-0.15, -0.1) is 0 Å². The van der Waals surface area contributed by atoms with Crippen LogP contribution in [0.3, 0.4) is 0 Å². The number of aliphatic hydroxyl groups excluding tert-OH is 1. The Kier molecular flexibility index (Phi) is 6.28. The number of phenols is 1. The van der Waals surface area contributed by atoms with E-state index in [2.05, 4.69) is 9.72 Å². The van der Waals surface area contributed by atoms with E-state index >= 15 is 0 Å². The van der Waals surface area contributed by atoms with Crippen LogP contribution in [-0.2, 0) is 11.2 Å². The third-order valence-electron chi connectivity index (χ3n) is 7.24. The number of aliphatic hydroxyl groups is 1. The van der Waals surface area contributed by atoms with Gasteiger partial charge in [0.1, 0.15) is 23.1 Å². The summed E-state index contributed by atoms with van der Waals surface area (Å²) in [6.45, 7) is -0.368. The Hall–Kier alpha value is -3.70. The summed E-state index contributed by atoms with van der Waals surface area (Å²) in [6.07, 6.45) is 0.170. The van der Waals surface area contributed by atoms with Gasteiger partial charge in [0.2, 0.25) is 0 Å². The molecule has 196 valence electrons. The molecule has 0 spiro atoms. The summed E-state index contributed by atoms with van der Waals surface area (Å²) in [5.41, 5.74) is 1.38. The van der Waals surface area contributed by atoms with Crippen molar-refractivity contribution < 1.29 is 33.3 Å². The van der Waals surface area contributed by atoms with Crippen LogP contribution >= 0.6 is 0 Å². The summed E-state index contributed by atoms with van der Waals surface area (Å²) in [7, 11) is 1.79. The van der Waals surface area contributed by atoms with Gasteiger partial charge in [0.25, 0.3) is 5.91 Å². The highest BCUT2D eigenvalue weighted by atomic mass is 19.3. The molecule has 0 saturated carbocycles. The van der Waals surface area contributed by atoms with Gasteiger partial charge in [0.05, 0.1) is 6.61 Å². The van der Waals surface area contributed by atoms with E-state index in [0.29, 0.717) is 35.2 Å². The molecule has 5 rings (SSSR count). The number of aromatic amines is 1. The first-order valence-corrected chi connectivity index (χ1v) is 12.0. The van der Waals surface area contributed by atoms with Gasteiger partial charge in [-0.05, 0) is 55.4 Å². The van der Waals surface area contributed by atoms with Crippen LogP contribution in [0.25, 0.3) is 10.9 Å². The second-order valence-electron chi connectivity index (χ2n) is 9.69. The average molecular weight is 515 g/mol. The van der Waals surface area contributed by atoms with Crippen LogP contribution in [0.15, 0.2) is 42.5 Å². The highest BCUT2D eigenvalue weighted by molar-refractivity contribution is 6.08. The lowest BCUT2D eigenvalue weighted by molar-refractivity contribution is -0.133. The number of ether oxygens (including phenoxy) is 1. The molecular weight excluding hydrogens is 486 g/mol. The first kappa shape index (κ1) is 25.0. The van der Waals surface area contributed by atoms with Crippen molar-refractivity contribution in [2.45, 2.75) is 31.5 Å². The van der Waals surface area contributed by atoms with E-state index in [1.807, 2.05) is 4.90 Å². The summed E-state index contributed by atoms with van der Waals surface area (Å²) in [4.78, 5) is 35.5. The number of H-pyrrole nitrogens is 1. The minimum atomic E-state index is -2.98. The summed E-state index contributed by atoms with van der Waals surface area (Å²) >= 11 is 0. The molecule has 3 aromatic rings. The highest BCUT2D eigenvalue weighted by Gasteiger charge is 2.60. The number of halogens is 2. The molecule has 0 bridgehead atoms. The summed E-state index contributed by atoms with van der Waals surface area (Å²) in [5.74, 6) is -0.358. The smallest absolute Gasteiger partial charge is 0.387 e. The zero-order valence-corrected chi connectivity index (χ0v) is 20.4. The topological polar surface area (TPSA) is 109 Å². The number of nitrogens with zero attached hydrogens (tertiary/aromatic N) is 3. The maximum absolute atomic E-state index is 13.8. The number of alkyl halides is 2. The molecule has 2 aliphatic heterocycles. The Balaban J connectivity index is 1.63. The fourth-order valence-electron chi connectivity index (χ4n) is 5.46. The van der Waals surface area contributed by atoms with E-state index in [1.54, 1.807) is 43.1 Å². The van der Waals surface area contributed by atoms with E-state index in [-0.39, 0.29) is 37.0 Å². The molecule has 2 aliphatic rings. The van der Waals surface area contributed by atoms with Gasteiger partial charge >= 0.3 is 12.6 Å². The average Bonchev–Trinajstić information content (AvgIpc) is 3.28. The number of fused-ring (bicyclic) bond motifs is 4. The molecule has 3 heterocycles. The molecule has 37 heavy (non-hydrogen) atoms. The maximum Gasteiger partial charge on any atom is 0.387 e. The second-order valence-corrected chi connectivity index (χ2v) is 9.69. The van der Waals surface area contributed by atoms with Crippen LogP contribution in [0.1, 0.15) is 29.8 Å². The fraction of sp³-hybridized carbons (Fsp3) is 0.385. The minimum absolute atomic E-state index is 0.00633. The lowest BCUT2D eigenvalue weighted by Gasteiger charge is -2.42. The monoisotopic (exact) mass is 514 g/mol. The van der Waals surface area contributed by atoms with Gasteiger partial charge in [-0.25, -0.2) is 4.79 Å². The van der Waals surface area contributed by atoms with E-state index in [1.165, 1.54) is 23.1 Å². The standard InChI is InChI=1S/C26H28F2N4O5/c1-26-14-19-18-13-17(37-24(27)28)6-7-20(18)29-21(19)22(15-4-3-5-16(34)12-15)32(26)25(36)31(23(26)35)9-8-30(2)10-11-33/h3-7,12-13,22,24,29,33-34H,8-11,14H2,1-2H3/t22-,26+/m1/s1. The lowest BCUT2D eigenvalue weighted by atomic mass is 9.81. The highest BCUT2D eigenvalue weighted by Crippen LogP contribution is 2.49. The number of phenolic OH excluding ortho intramolecular Hbond substituents is 1. The number of urea groups is 1. The van der Waals surface area contributed by atoms with Crippen LogP contribution < -0.4 is 4.74 Å². The minimum Gasteiger partial charge on any atom is -0.508 e. The Morgan fingerprint density at radius 1 is 1.22 bits per heavy atom. The number of likely N-dealkylation sites (N-methyl/N-ethyl adjacent to an activating group) is 1. The summed E-state index contributed by atoms with van der Waals surface area (Å²) < 4.78 is 30.4. The SMILES string of the molecule is CN(CCO)CCN1C(=O)N2[C@H](c3cccc(O)c3)c3[nH]c4ccc(OC(F)F)cc4c3C[C@@]2(C)C1=O. The molecule has 0 aliphatic carbocycles. The van der Waals surface area contributed by atoms with Crippen molar-refractivity contribution in [2.24, 2.45) is 0 Å². The van der Waals surface area contributed by atoms with Gasteiger partial charge in [0.15, 0.2) is 0 Å².